The first-order valence-corrected chi connectivity index (χ1v) is 11.1. The quantitative estimate of drug-likeness (QED) is 0.297. The lowest BCUT2D eigenvalue weighted by Crippen LogP contribution is -2.50. The van der Waals surface area contributed by atoms with Crippen LogP contribution in [0.15, 0.2) is 59.6 Å². The maximum absolute atomic E-state index is 5.87. The van der Waals surface area contributed by atoms with Crippen molar-refractivity contribution < 1.29 is 4.74 Å². The summed E-state index contributed by atoms with van der Waals surface area (Å²) in [7, 11) is 1.84. The molecule has 0 radical (unpaired) electrons. The molecular weight excluding hydrogens is 499 g/mol. The average Bonchev–Trinajstić information content (AvgIpc) is 2.79. The number of ether oxygens (including phenoxy) is 1. The van der Waals surface area contributed by atoms with E-state index in [0.29, 0.717) is 18.7 Å². The van der Waals surface area contributed by atoms with E-state index in [-0.39, 0.29) is 24.0 Å². The zero-order valence-corrected chi connectivity index (χ0v) is 21.3. The van der Waals surface area contributed by atoms with Crippen LogP contribution in [0, 0.1) is 0 Å². The van der Waals surface area contributed by atoms with E-state index in [4.69, 9.17) is 4.74 Å². The minimum absolute atomic E-state index is 0. The minimum Gasteiger partial charge on any atom is -0.489 e. The molecule has 170 valence electrons. The maximum Gasteiger partial charge on any atom is 0.191 e. The van der Waals surface area contributed by atoms with Crippen LogP contribution in [-0.2, 0) is 13.0 Å². The van der Waals surface area contributed by atoms with Gasteiger partial charge in [-0.25, -0.2) is 0 Å². The summed E-state index contributed by atoms with van der Waals surface area (Å²) >= 11 is 0. The summed E-state index contributed by atoms with van der Waals surface area (Å²) in [5, 5.41) is 7.04. The van der Waals surface area contributed by atoms with E-state index < -0.39 is 0 Å². The van der Waals surface area contributed by atoms with Gasteiger partial charge in [0.15, 0.2) is 5.96 Å². The second-order valence-electron chi connectivity index (χ2n) is 8.22. The van der Waals surface area contributed by atoms with Gasteiger partial charge in [-0.2, -0.15) is 0 Å². The first-order valence-electron chi connectivity index (χ1n) is 11.1. The Hall–Kier alpha value is -1.80. The van der Waals surface area contributed by atoms with E-state index in [1.165, 1.54) is 24.0 Å². The van der Waals surface area contributed by atoms with E-state index in [1.54, 1.807) is 0 Å². The third-order valence-corrected chi connectivity index (χ3v) is 5.70. The summed E-state index contributed by atoms with van der Waals surface area (Å²) < 4.78 is 5.87. The normalized spacial score (nSPS) is 15.4. The highest BCUT2D eigenvalue weighted by atomic mass is 127. The van der Waals surface area contributed by atoms with Crippen LogP contribution in [0.3, 0.4) is 0 Å². The molecule has 0 amide bonds. The minimum atomic E-state index is 0. The lowest BCUT2D eigenvalue weighted by atomic mass is 10.0. The van der Waals surface area contributed by atoms with Crippen LogP contribution in [0.25, 0.3) is 0 Å². The molecule has 0 unspecified atom stereocenters. The monoisotopic (exact) mass is 536 g/mol. The van der Waals surface area contributed by atoms with Gasteiger partial charge in [0.05, 0.1) is 0 Å². The average molecular weight is 537 g/mol. The summed E-state index contributed by atoms with van der Waals surface area (Å²) in [6.07, 6.45) is 3.29. The van der Waals surface area contributed by atoms with Crippen molar-refractivity contribution in [3.8, 4) is 5.75 Å². The molecule has 3 rings (SSSR count). The summed E-state index contributed by atoms with van der Waals surface area (Å²) in [4.78, 5) is 6.94. The number of nitrogens with one attached hydrogen (secondary N) is 2. The summed E-state index contributed by atoms with van der Waals surface area (Å²) in [5.74, 6) is 1.81. The first-order chi connectivity index (χ1) is 14.6. The third kappa shape index (κ3) is 8.69. The fourth-order valence-corrected chi connectivity index (χ4v) is 3.77. The van der Waals surface area contributed by atoms with E-state index in [9.17, 15) is 0 Å². The highest BCUT2D eigenvalue weighted by Crippen LogP contribution is 2.15. The Morgan fingerprint density at radius 2 is 1.71 bits per heavy atom. The Bertz CT molecular complexity index is 772. The van der Waals surface area contributed by atoms with Crippen LogP contribution < -0.4 is 15.4 Å². The predicted molar refractivity (Wildman–Crippen MR) is 141 cm³/mol. The number of likely N-dealkylation sites (tertiary alicyclic amines) is 1. The maximum atomic E-state index is 5.87. The van der Waals surface area contributed by atoms with E-state index in [1.807, 2.05) is 37.4 Å². The van der Waals surface area contributed by atoms with Crippen LogP contribution >= 0.6 is 24.0 Å². The lowest BCUT2D eigenvalue weighted by molar-refractivity contribution is 0.167. The van der Waals surface area contributed by atoms with Crippen LogP contribution in [0.5, 0.6) is 5.75 Å². The molecule has 0 bridgehead atoms. The van der Waals surface area contributed by atoms with E-state index >= 15 is 0 Å². The van der Waals surface area contributed by atoms with Crippen molar-refractivity contribution in [2.45, 2.75) is 51.8 Å². The van der Waals surface area contributed by atoms with Crippen LogP contribution in [0.4, 0.5) is 0 Å². The molecule has 2 aromatic carbocycles. The van der Waals surface area contributed by atoms with Gasteiger partial charge in [-0.15, -0.1) is 24.0 Å². The number of halogens is 1. The third-order valence-electron chi connectivity index (χ3n) is 5.70. The molecular formula is C25H37IN4O. The van der Waals surface area contributed by atoms with Crippen molar-refractivity contribution in [3.63, 3.8) is 0 Å². The molecule has 1 heterocycles. The fourth-order valence-electron chi connectivity index (χ4n) is 3.77. The van der Waals surface area contributed by atoms with Crippen molar-refractivity contribution in [1.82, 2.24) is 15.5 Å². The van der Waals surface area contributed by atoms with Crippen molar-refractivity contribution >= 4 is 29.9 Å². The molecule has 2 aromatic rings. The molecule has 0 aromatic heterocycles. The van der Waals surface area contributed by atoms with Gasteiger partial charge >= 0.3 is 0 Å². The van der Waals surface area contributed by atoms with Gasteiger partial charge in [0.1, 0.15) is 12.4 Å². The van der Waals surface area contributed by atoms with Gasteiger partial charge < -0.3 is 20.3 Å². The molecule has 6 heteroatoms. The number of guanidine groups is 1. The molecule has 1 aliphatic heterocycles. The fraction of sp³-hybridized carbons (Fsp3) is 0.480. The summed E-state index contributed by atoms with van der Waals surface area (Å²) in [6.45, 7) is 8.32. The van der Waals surface area contributed by atoms with Gasteiger partial charge in [-0.3, -0.25) is 4.99 Å². The number of aliphatic imine (C=N–C) groups is 1. The highest BCUT2D eigenvalue weighted by molar-refractivity contribution is 14.0. The molecule has 0 aliphatic carbocycles. The van der Waals surface area contributed by atoms with Crippen LogP contribution in [-0.4, -0.2) is 49.6 Å². The number of rotatable bonds is 8. The Morgan fingerprint density at radius 3 is 2.32 bits per heavy atom. The summed E-state index contributed by atoms with van der Waals surface area (Å²) in [5.41, 5.74) is 2.47. The topological polar surface area (TPSA) is 48.9 Å². The summed E-state index contributed by atoms with van der Waals surface area (Å²) in [6, 6.07) is 19.8. The van der Waals surface area contributed by atoms with Crippen LogP contribution in [0.2, 0.25) is 0 Å². The molecule has 0 saturated carbocycles. The smallest absolute Gasteiger partial charge is 0.191 e. The standard InChI is InChI=1S/C25H36N4O.HI/c1-20(2)29-17-14-23(15-18-29)28-25(26-3)27-16-13-21-9-11-24(12-10-21)30-19-22-7-5-4-6-8-22;/h4-12,20,23H,13-19H2,1-3H3,(H2,26,27,28);1H. The Balaban J connectivity index is 0.00000341. The second-order valence-corrected chi connectivity index (χ2v) is 8.22. The van der Waals surface area contributed by atoms with E-state index in [2.05, 4.69) is 58.6 Å². The number of hydrogen-bond acceptors (Lipinski definition) is 3. The van der Waals surface area contributed by atoms with Gasteiger partial charge in [0.25, 0.3) is 0 Å². The van der Waals surface area contributed by atoms with Crippen molar-refractivity contribution in [1.29, 1.82) is 0 Å². The molecule has 0 spiro atoms. The first kappa shape index (κ1) is 25.5. The molecule has 1 aliphatic rings. The molecule has 0 atom stereocenters. The van der Waals surface area contributed by atoms with Crippen molar-refractivity contribution in [3.05, 3.63) is 65.7 Å². The number of piperidine rings is 1. The van der Waals surface area contributed by atoms with Gasteiger partial charge in [-0.1, -0.05) is 42.5 Å². The number of nitrogens with zero attached hydrogens (tertiary/aromatic N) is 2. The van der Waals surface area contributed by atoms with Crippen molar-refractivity contribution in [2.75, 3.05) is 26.7 Å². The number of hydrogen-bond donors (Lipinski definition) is 2. The zero-order chi connectivity index (χ0) is 21.2. The Labute approximate surface area is 204 Å². The lowest BCUT2D eigenvalue weighted by Gasteiger charge is -2.35. The largest absolute Gasteiger partial charge is 0.489 e. The van der Waals surface area contributed by atoms with Gasteiger partial charge in [0, 0.05) is 38.8 Å². The molecule has 31 heavy (non-hydrogen) atoms. The Morgan fingerprint density at radius 1 is 1.03 bits per heavy atom. The molecule has 1 saturated heterocycles. The molecule has 1 fully saturated rings. The van der Waals surface area contributed by atoms with Crippen LogP contribution in [0.1, 0.15) is 37.8 Å². The second kappa shape index (κ2) is 13.6. The van der Waals surface area contributed by atoms with E-state index in [0.717, 1.165) is 37.8 Å². The van der Waals surface area contributed by atoms with Gasteiger partial charge in [-0.05, 0) is 56.4 Å². The predicted octanol–water partition coefficient (Wildman–Crippen LogP) is 4.46. The molecule has 2 N–H and O–H groups in total. The SMILES string of the molecule is CN=C(NCCc1ccc(OCc2ccccc2)cc1)NC1CCN(C(C)C)CC1.I. The van der Waals surface area contributed by atoms with Gasteiger partial charge in [0.2, 0.25) is 0 Å². The van der Waals surface area contributed by atoms with Crippen molar-refractivity contribution in [2.24, 2.45) is 4.99 Å². The Kier molecular flexibility index (Phi) is 11.2. The molecule has 5 nitrogen and oxygen atoms in total. The zero-order valence-electron chi connectivity index (χ0n) is 19.0. The highest BCUT2D eigenvalue weighted by Gasteiger charge is 2.21. The number of benzene rings is 2.